The second-order valence-corrected chi connectivity index (χ2v) is 6.15. The predicted molar refractivity (Wildman–Crippen MR) is 75.0 cm³/mol. The summed E-state index contributed by atoms with van der Waals surface area (Å²) in [4.78, 5) is 14.2. The van der Waals surface area contributed by atoms with Gasteiger partial charge in [-0.3, -0.25) is 4.79 Å². The van der Waals surface area contributed by atoms with Gasteiger partial charge in [-0.15, -0.1) is 0 Å². The zero-order valence-electron chi connectivity index (χ0n) is 11.2. The van der Waals surface area contributed by atoms with Gasteiger partial charge in [0.1, 0.15) is 5.41 Å². The molecule has 1 heterocycles. The highest BCUT2D eigenvalue weighted by atomic mass is 32.1. The topological polar surface area (TPSA) is 78.9 Å². The van der Waals surface area contributed by atoms with Crippen LogP contribution in [0, 0.1) is 11.3 Å². The van der Waals surface area contributed by atoms with Gasteiger partial charge in [-0.1, -0.05) is 12.1 Å². The van der Waals surface area contributed by atoms with E-state index >= 15 is 0 Å². The van der Waals surface area contributed by atoms with E-state index in [9.17, 15) is 4.79 Å². The quantitative estimate of drug-likeness (QED) is 0.383. The monoisotopic (exact) mass is 281 g/mol. The van der Waals surface area contributed by atoms with Crippen LogP contribution < -0.4 is 5.73 Å². The first-order chi connectivity index (χ1) is 8.99. The van der Waals surface area contributed by atoms with E-state index in [0.717, 1.165) is 5.56 Å². The zero-order chi connectivity index (χ0) is 14.0. The van der Waals surface area contributed by atoms with Crippen LogP contribution in [-0.2, 0) is 11.3 Å². The molecule has 5 nitrogen and oxygen atoms in total. The minimum absolute atomic E-state index is 0.0350. The van der Waals surface area contributed by atoms with Crippen molar-refractivity contribution in [2.45, 2.75) is 26.3 Å². The van der Waals surface area contributed by atoms with E-state index in [2.05, 4.69) is 12.1 Å². The molecule has 19 heavy (non-hydrogen) atoms. The van der Waals surface area contributed by atoms with Gasteiger partial charge in [0, 0.05) is 13.6 Å². The zero-order valence-corrected chi connectivity index (χ0v) is 12.0. The smallest absolute Gasteiger partial charge is 0.236 e. The van der Waals surface area contributed by atoms with E-state index in [1.54, 1.807) is 23.3 Å². The van der Waals surface area contributed by atoms with Gasteiger partial charge in [0.2, 0.25) is 5.91 Å². The van der Waals surface area contributed by atoms with Crippen LogP contribution in [0.15, 0.2) is 22.0 Å². The Balaban J connectivity index is 2.12. The fraction of sp³-hybridized carbons (Fsp3) is 0.538. The summed E-state index contributed by atoms with van der Waals surface area (Å²) in [5.41, 5.74) is 6.04. The molecule has 3 N–H and O–H groups in total. The van der Waals surface area contributed by atoms with Crippen molar-refractivity contribution in [3.05, 3.63) is 22.4 Å². The molecule has 0 aliphatic heterocycles. The molecule has 1 aliphatic rings. The van der Waals surface area contributed by atoms with Crippen molar-refractivity contribution >= 4 is 23.1 Å². The lowest BCUT2D eigenvalue weighted by molar-refractivity contribution is -0.143. The maximum absolute atomic E-state index is 12.6. The summed E-state index contributed by atoms with van der Waals surface area (Å²) in [7, 11) is 1.76. The molecule has 1 amide bonds. The van der Waals surface area contributed by atoms with Crippen molar-refractivity contribution < 1.29 is 10.0 Å². The van der Waals surface area contributed by atoms with Crippen LogP contribution >= 0.6 is 11.3 Å². The molecule has 1 aromatic heterocycles. The molecule has 6 heteroatoms. The number of hydrogen-bond donors (Lipinski definition) is 2. The Morgan fingerprint density at radius 2 is 2.37 bits per heavy atom. The summed E-state index contributed by atoms with van der Waals surface area (Å²) >= 11 is 1.61. The van der Waals surface area contributed by atoms with E-state index < -0.39 is 5.41 Å². The van der Waals surface area contributed by atoms with Gasteiger partial charge < -0.3 is 15.8 Å². The number of rotatable bonds is 4. The van der Waals surface area contributed by atoms with Gasteiger partial charge in [0.05, 0.1) is 0 Å². The van der Waals surface area contributed by atoms with Crippen molar-refractivity contribution in [3.63, 3.8) is 0 Å². The molecular weight excluding hydrogens is 262 g/mol. The van der Waals surface area contributed by atoms with Crippen LogP contribution in [-0.4, -0.2) is 28.9 Å². The number of hydrogen-bond acceptors (Lipinski definition) is 4. The number of carbonyl (C=O) groups excluding carboxylic acids is 1. The Kier molecular flexibility index (Phi) is 3.80. The number of nitrogens with zero attached hydrogens (tertiary/aromatic N) is 2. The lowest BCUT2D eigenvalue weighted by Gasteiger charge is -2.45. The van der Waals surface area contributed by atoms with Crippen LogP contribution in [0.5, 0.6) is 0 Å². The third kappa shape index (κ3) is 2.45. The van der Waals surface area contributed by atoms with E-state index in [1.807, 2.05) is 16.8 Å². The van der Waals surface area contributed by atoms with Crippen LogP contribution in [0.3, 0.4) is 0 Å². The van der Waals surface area contributed by atoms with Gasteiger partial charge in [0.25, 0.3) is 0 Å². The van der Waals surface area contributed by atoms with E-state index in [4.69, 9.17) is 10.9 Å². The maximum Gasteiger partial charge on any atom is 0.236 e. The SMILES string of the molecule is CC1CC(C(=O)N(C)Cc2ccsc2)(/C(N)=N/O)C1. The van der Waals surface area contributed by atoms with Crippen LogP contribution in [0.1, 0.15) is 25.3 Å². The fourth-order valence-corrected chi connectivity index (χ4v) is 3.47. The van der Waals surface area contributed by atoms with Crippen molar-refractivity contribution in [2.24, 2.45) is 22.2 Å². The minimum atomic E-state index is -0.807. The van der Waals surface area contributed by atoms with Crippen molar-refractivity contribution in [1.29, 1.82) is 0 Å². The molecule has 2 rings (SSSR count). The molecule has 1 fully saturated rings. The average molecular weight is 281 g/mol. The number of amidine groups is 1. The molecule has 0 spiro atoms. The van der Waals surface area contributed by atoms with Gasteiger partial charge >= 0.3 is 0 Å². The molecule has 0 aromatic carbocycles. The Morgan fingerprint density at radius 1 is 1.68 bits per heavy atom. The first-order valence-electron chi connectivity index (χ1n) is 6.24. The summed E-state index contributed by atoms with van der Waals surface area (Å²) in [6.07, 6.45) is 1.30. The third-order valence-electron chi connectivity index (χ3n) is 3.75. The van der Waals surface area contributed by atoms with Crippen molar-refractivity contribution in [2.75, 3.05) is 7.05 Å². The summed E-state index contributed by atoms with van der Waals surface area (Å²) in [6, 6.07) is 1.99. The number of amides is 1. The molecule has 0 atom stereocenters. The Hall–Kier alpha value is -1.56. The highest BCUT2D eigenvalue weighted by molar-refractivity contribution is 7.07. The largest absolute Gasteiger partial charge is 0.409 e. The van der Waals surface area contributed by atoms with Gasteiger partial charge in [0.15, 0.2) is 5.84 Å². The highest BCUT2D eigenvalue weighted by Gasteiger charge is 2.53. The van der Waals surface area contributed by atoms with Gasteiger partial charge in [-0.05, 0) is 41.1 Å². The molecule has 1 saturated carbocycles. The number of oxime groups is 1. The number of thiophene rings is 1. The maximum atomic E-state index is 12.6. The van der Waals surface area contributed by atoms with E-state index in [-0.39, 0.29) is 11.7 Å². The summed E-state index contributed by atoms with van der Waals surface area (Å²) < 4.78 is 0. The molecule has 0 saturated heterocycles. The normalized spacial score (nSPS) is 26.8. The minimum Gasteiger partial charge on any atom is -0.409 e. The first kappa shape index (κ1) is 13.9. The van der Waals surface area contributed by atoms with Crippen LogP contribution in [0.25, 0.3) is 0 Å². The van der Waals surface area contributed by atoms with Crippen LogP contribution in [0.2, 0.25) is 0 Å². The second-order valence-electron chi connectivity index (χ2n) is 5.37. The van der Waals surface area contributed by atoms with Crippen molar-refractivity contribution in [3.8, 4) is 0 Å². The lowest BCUT2D eigenvalue weighted by atomic mass is 9.61. The Bertz CT molecular complexity index is 478. The third-order valence-corrected chi connectivity index (χ3v) is 4.48. The molecule has 0 unspecified atom stereocenters. The number of nitrogens with two attached hydrogens (primary N) is 1. The Morgan fingerprint density at radius 3 is 2.84 bits per heavy atom. The Labute approximate surface area is 116 Å². The van der Waals surface area contributed by atoms with Crippen LogP contribution in [0.4, 0.5) is 0 Å². The predicted octanol–water partition coefficient (Wildman–Crippen LogP) is 1.87. The molecule has 1 aromatic rings. The van der Waals surface area contributed by atoms with E-state index in [1.165, 1.54) is 0 Å². The fourth-order valence-electron chi connectivity index (χ4n) is 2.81. The first-order valence-corrected chi connectivity index (χ1v) is 7.18. The van der Waals surface area contributed by atoms with Gasteiger partial charge in [-0.25, -0.2) is 0 Å². The summed E-state index contributed by atoms with van der Waals surface area (Å²) in [5, 5.41) is 16.0. The summed E-state index contributed by atoms with van der Waals surface area (Å²) in [5.74, 6) is 0.402. The second kappa shape index (κ2) is 5.21. The summed E-state index contributed by atoms with van der Waals surface area (Å²) in [6.45, 7) is 2.62. The molecule has 0 bridgehead atoms. The molecule has 104 valence electrons. The molecule has 0 radical (unpaired) electrons. The van der Waals surface area contributed by atoms with Crippen molar-refractivity contribution in [1.82, 2.24) is 4.90 Å². The average Bonchev–Trinajstić information content (AvgIpc) is 2.85. The highest BCUT2D eigenvalue weighted by Crippen LogP contribution is 2.47. The van der Waals surface area contributed by atoms with Gasteiger partial charge in [-0.2, -0.15) is 11.3 Å². The lowest BCUT2D eigenvalue weighted by Crippen LogP contribution is -2.56. The standard InChI is InChI=1S/C13H19N3O2S/c1-9-5-13(6-9,11(14)15-18)12(17)16(2)7-10-3-4-19-8-10/h3-4,8-9,18H,5-7H2,1-2H3,(H2,14,15). The van der Waals surface area contributed by atoms with E-state index in [0.29, 0.717) is 25.3 Å². The molecule has 1 aliphatic carbocycles. The molecular formula is C13H19N3O2S. The number of carbonyl (C=O) groups is 1.